The zero-order valence-corrected chi connectivity index (χ0v) is 18.6. The Morgan fingerprint density at radius 3 is 2.74 bits per heavy atom. The van der Waals surface area contributed by atoms with E-state index in [9.17, 15) is 18.0 Å². The van der Waals surface area contributed by atoms with Gasteiger partial charge in [0.15, 0.2) is 5.69 Å². The number of nitrogens with zero attached hydrogens (tertiary/aromatic N) is 6. The molecule has 3 aromatic heterocycles. The molecule has 0 aromatic carbocycles. The summed E-state index contributed by atoms with van der Waals surface area (Å²) in [5, 5.41) is 28.1. The highest BCUT2D eigenvalue weighted by Crippen LogP contribution is 2.26. The monoisotopic (exact) mass is 496 g/mol. The Kier molecular flexibility index (Phi) is 7.64. The molecule has 1 amide bonds. The smallest absolute Gasteiger partial charge is 0.475 e. The van der Waals surface area contributed by atoms with Gasteiger partial charge in [-0.1, -0.05) is 0 Å². The van der Waals surface area contributed by atoms with Crippen LogP contribution in [0.2, 0.25) is 0 Å². The summed E-state index contributed by atoms with van der Waals surface area (Å²) in [5.41, 5.74) is 1.58. The first-order valence-corrected chi connectivity index (χ1v) is 10.7. The lowest BCUT2D eigenvalue weighted by Gasteiger charge is -2.20. The van der Waals surface area contributed by atoms with Crippen LogP contribution in [-0.2, 0) is 11.8 Å². The van der Waals surface area contributed by atoms with Crippen molar-refractivity contribution < 1.29 is 27.9 Å². The predicted octanol–water partition coefficient (Wildman–Crippen LogP) is 1.98. The first-order chi connectivity index (χ1) is 16.1. The Balaban J connectivity index is 0.000000406. The summed E-state index contributed by atoms with van der Waals surface area (Å²) < 4.78 is 33.2. The minimum absolute atomic E-state index is 0.175. The van der Waals surface area contributed by atoms with Gasteiger partial charge in [-0.25, -0.2) is 14.8 Å². The number of fused-ring (bicyclic) bond motifs is 1. The van der Waals surface area contributed by atoms with Gasteiger partial charge in [-0.3, -0.25) is 9.48 Å². The van der Waals surface area contributed by atoms with Gasteiger partial charge in [-0.05, 0) is 13.0 Å². The van der Waals surface area contributed by atoms with E-state index >= 15 is 0 Å². The van der Waals surface area contributed by atoms with Crippen molar-refractivity contribution in [3.05, 3.63) is 29.0 Å². The highest BCUT2D eigenvalue weighted by atomic mass is 32.1. The lowest BCUT2D eigenvalue weighted by Crippen LogP contribution is -2.28. The van der Waals surface area contributed by atoms with Gasteiger partial charge < -0.3 is 20.6 Å². The van der Waals surface area contributed by atoms with Crippen molar-refractivity contribution in [2.24, 2.45) is 7.05 Å². The van der Waals surface area contributed by atoms with Gasteiger partial charge in [0.05, 0.1) is 17.4 Å². The molecule has 34 heavy (non-hydrogen) atoms. The molecule has 3 aromatic rings. The molecule has 0 spiro atoms. The molecule has 4 heterocycles. The number of aryl methyl sites for hydroxylation is 1. The number of carbonyl (C=O) groups is 2. The number of nitrogens with one attached hydrogen (secondary N) is 2. The van der Waals surface area contributed by atoms with E-state index in [0.717, 1.165) is 38.4 Å². The first kappa shape index (κ1) is 24.9. The zero-order valence-electron chi connectivity index (χ0n) is 17.8. The van der Waals surface area contributed by atoms with Gasteiger partial charge in [-0.15, -0.1) is 11.3 Å². The van der Waals surface area contributed by atoms with Crippen molar-refractivity contribution in [1.29, 1.82) is 5.26 Å². The molecule has 3 N–H and O–H groups in total. The quantitative estimate of drug-likeness (QED) is 0.495. The number of rotatable bonds is 3. The van der Waals surface area contributed by atoms with Crippen molar-refractivity contribution in [2.75, 3.05) is 36.4 Å². The second kappa shape index (κ2) is 10.4. The summed E-state index contributed by atoms with van der Waals surface area (Å²) in [4.78, 5) is 33.7. The molecule has 1 saturated heterocycles. The summed E-state index contributed by atoms with van der Waals surface area (Å²) >= 11 is 1.38. The molecular formula is C19H19F3N8O3S. The highest BCUT2D eigenvalue weighted by molar-refractivity contribution is 7.17. The number of nitriles is 1. The number of halogens is 3. The fraction of sp³-hybridized carbons (Fsp3) is 0.368. The number of alkyl halides is 3. The molecule has 0 radical (unpaired) electrons. The first-order valence-electron chi connectivity index (χ1n) is 9.85. The maximum absolute atomic E-state index is 12.8. The predicted molar refractivity (Wildman–Crippen MR) is 117 cm³/mol. The molecular weight excluding hydrogens is 477 g/mol. The molecule has 15 heteroatoms. The lowest BCUT2D eigenvalue weighted by atomic mass is 10.2. The number of aromatic nitrogens is 4. The number of carboxylic acid groups (broad SMARTS) is 1. The van der Waals surface area contributed by atoms with Crippen molar-refractivity contribution in [3.8, 4) is 6.07 Å². The Labute approximate surface area is 194 Å². The number of aliphatic carboxylic acids is 1. The van der Waals surface area contributed by atoms with Crippen LogP contribution >= 0.6 is 11.3 Å². The van der Waals surface area contributed by atoms with Gasteiger partial charge in [0.1, 0.15) is 22.2 Å². The van der Waals surface area contributed by atoms with E-state index in [2.05, 4.69) is 25.6 Å². The third-order valence-electron chi connectivity index (χ3n) is 4.60. The van der Waals surface area contributed by atoms with E-state index in [-0.39, 0.29) is 11.6 Å². The Bertz CT molecular complexity index is 1230. The van der Waals surface area contributed by atoms with Crippen molar-refractivity contribution in [1.82, 2.24) is 25.1 Å². The third-order valence-corrected chi connectivity index (χ3v) is 5.48. The number of anilines is 2. The van der Waals surface area contributed by atoms with Crippen molar-refractivity contribution in [3.63, 3.8) is 0 Å². The number of thiophene rings is 1. The second-order valence-electron chi connectivity index (χ2n) is 7.06. The molecule has 1 aliphatic rings. The maximum Gasteiger partial charge on any atom is 0.490 e. The van der Waals surface area contributed by atoms with Crippen molar-refractivity contribution >= 4 is 45.1 Å². The summed E-state index contributed by atoms with van der Waals surface area (Å²) in [5.74, 6) is -2.31. The van der Waals surface area contributed by atoms with Crippen LogP contribution in [0.15, 0.2) is 17.8 Å². The van der Waals surface area contributed by atoms with E-state index in [0.29, 0.717) is 21.6 Å². The van der Waals surface area contributed by atoms with E-state index in [1.165, 1.54) is 16.0 Å². The van der Waals surface area contributed by atoms with Crippen LogP contribution in [0.3, 0.4) is 0 Å². The largest absolute Gasteiger partial charge is 0.490 e. The number of carbonyl (C=O) groups excluding carboxylic acids is 1. The minimum atomic E-state index is -5.08. The standard InChI is InChI=1S/C17H18N8OS.C2HF3O2/c1-24-9-13(12(7-18)23-24)21-16(26)11-10-27-17-15(11)22-14(8-20-17)25-5-2-3-19-4-6-25;3-2(4,5)1(6)7/h8-10,19H,2-6H2,1H3,(H,21,26);(H,6,7). The van der Waals surface area contributed by atoms with Crippen LogP contribution in [0.1, 0.15) is 22.5 Å². The zero-order chi connectivity index (χ0) is 24.9. The van der Waals surface area contributed by atoms with Crippen LogP contribution in [0.5, 0.6) is 0 Å². The average molecular weight is 496 g/mol. The minimum Gasteiger partial charge on any atom is -0.475 e. The van der Waals surface area contributed by atoms with E-state index in [1.807, 2.05) is 6.07 Å². The summed E-state index contributed by atoms with van der Waals surface area (Å²) in [6.07, 6.45) is -0.679. The number of carboxylic acids is 1. The van der Waals surface area contributed by atoms with Crippen LogP contribution in [-0.4, -0.2) is 69.1 Å². The summed E-state index contributed by atoms with van der Waals surface area (Å²) in [6, 6.07) is 1.98. The SMILES string of the molecule is Cn1cc(NC(=O)c2csc3ncc(N4CCCNCC4)nc23)c(C#N)n1.O=C(O)C(F)(F)F. The fourth-order valence-corrected chi connectivity index (χ4v) is 3.87. The fourth-order valence-electron chi connectivity index (χ4n) is 3.04. The van der Waals surface area contributed by atoms with E-state index in [4.69, 9.17) is 20.1 Å². The van der Waals surface area contributed by atoms with Crippen LogP contribution < -0.4 is 15.5 Å². The Morgan fingerprint density at radius 2 is 2.06 bits per heavy atom. The van der Waals surface area contributed by atoms with Gasteiger partial charge >= 0.3 is 12.1 Å². The summed E-state index contributed by atoms with van der Waals surface area (Å²) in [7, 11) is 1.70. The van der Waals surface area contributed by atoms with Crippen molar-refractivity contribution in [2.45, 2.75) is 12.6 Å². The topological polar surface area (TPSA) is 149 Å². The molecule has 1 aliphatic heterocycles. The van der Waals surface area contributed by atoms with Gasteiger partial charge in [0, 0.05) is 38.3 Å². The van der Waals surface area contributed by atoms with E-state index < -0.39 is 12.1 Å². The number of hydrogen-bond acceptors (Lipinski definition) is 9. The molecule has 1 fully saturated rings. The number of hydrogen-bond donors (Lipinski definition) is 3. The average Bonchev–Trinajstić information content (AvgIpc) is 3.24. The van der Waals surface area contributed by atoms with Crippen LogP contribution in [0.25, 0.3) is 10.3 Å². The lowest BCUT2D eigenvalue weighted by molar-refractivity contribution is -0.192. The van der Waals surface area contributed by atoms with Gasteiger partial charge in [0.2, 0.25) is 0 Å². The molecule has 0 unspecified atom stereocenters. The summed E-state index contributed by atoms with van der Waals surface area (Å²) in [6.45, 7) is 3.65. The van der Waals surface area contributed by atoms with Crippen LogP contribution in [0, 0.1) is 11.3 Å². The Hall–Kier alpha value is -3.77. The second-order valence-corrected chi connectivity index (χ2v) is 7.91. The number of amides is 1. The maximum atomic E-state index is 12.8. The van der Waals surface area contributed by atoms with Gasteiger partial charge in [-0.2, -0.15) is 23.5 Å². The molecule has 0 saturated carbocycles. The Morgan fingerprint density at radius 1 is 1.32 bits per heavy atom. The van der Waals surface area contributed by atoms with Gasteiger partial charge in [0.25, 0.3) is 5.91 Å². The molecule has 11 nitrogen and oxygen atoms in total. The van der Waals surface area contributed by atoms with E-state index in [1.54, 1.807) is 24.8 Å². The molecule has 0 bridgehead atoms. The molecule has 4 rings (SSSR count). The highest BCUT2D eigenvalue weighted by Gasteiger charge is 2.38. The molecule has 0 aliphatic carbocycles. The molecule has 0 atom stereocenters. The molecule has 180 valence electrons. The third kappa shape index (κ3) is 5.97. The van der Waals surface area contributed by atoms with Crippen LogP contribution in [0.4, 0.5) is 24.7 Å². The normalized spacial score (nSPS) is 14.0.